The minimum atomic E-state index is -3.51. The second kappa shape index (κ2) is 7.28. The average Bonchev–Trinajstić information content (AvgIpc) is 2.58. The number of sulfonamides is 1. The second-order valence-electron chi connectivity index (χ2n) is 4.98. The smallest absolute Gasteiger partial charge is 0.266 e. The summed E-state index contributed by atoms with van der Waals surface area (Å²) in [6.45, 7) is 0.0374. The maximum absolute atomic E-state index is 12.1. The number of ether oxygens (including phenoxy) is 1. The van der Waals surface area contributed by atoms with Crippen molar-refractivity contribution in [1.82, 2.24) is 10.4 Å². The van der Waals surface area contributed by atoms with Crippen molar-refractivity contribution in [2.45, 2.75) is 6.54 Å². The molecule has 2 aromatic rings. The molecule has 9 heteroatoms. The Morgan fingerprint density at radius 3 is 2.38 bits per heavy atom. The average molecular weight is 350 g/mol. The van der Waals surface area contributed by atoms with Gasteiger partial charge in [0.15, 0.2) is 0 Å². The van der Waals surface area contributed by atoms with Gasteiger partial charge in [-0.1, -0.05) is 0 Å². The zero-order chi connectivity index (χ0) is 17.7. The van der Waals surface area contributed by atoms with Gasteiger partial charge in [0.05, 0.1) is 36.9 Å². The van der Waals surface area contributed by atoms with Crippen molar-refractivity contribution in [1.29, 1.82) is 0 Å². The van der Waals surface area contributed by atoms with Crippen LogP contribution in [-0.4, -0.2) is 32.7 Å². The van der Waals surface area contributed by atoms with Gasteiger partial charge in [0, 0.05) is 6.20 Å². The molecule has 0 aliphatic heterocycles. The van der Waals surface area contributed by atoms with Gasteiger partial charge in [-0.2, -0.15) is 0 Å². The van der Waals surface area contributed by atoms with Crippen LogP contribution in [-0.2, 0) is 16.6 Å². The lowest BCUT2D eigenvalue weighted by Gasteiger charge is -2.22. The second-order valence-corrected chi connectivity index (χ2v) is 6.89. The number of hydrazine groups is 1. The maximum Gasteiger partial charge on any atom is 0.266 e. The van der Waals surface area contributed by atoms with Crippen molar-refractivity contribution in [3.8, 4) is 5.75 Å². The predicted molar refractivity (Wildman–Crippen MR) is 89.9 cm³/mol. The Hall–Kier alpha value is -2.65. The lowest BCUT2D eigenvalue weighted by molar-refractivity contribution is 0.0953. The van der Waals surface area contributed by atoms with Crippen LogP contribution >= 0.6 is 0 Å². The van der Waals surface area contributed by atoms with Crippen LogP contribution in [0.1, 0.15) is 16.1 Å². The molecule has 0 bridgehead atoms. The third-order valence-corrected chi connectivity index (χ3v) is 4.42. The van der Waals surface area contributed by atoms with Crippen LogP contribution in [0.5, 0.6) is 5.75 Å². The van der Waals surface area contributed by atoms with E-state index in [9.17, 15) is 13.2 Å². The zero-order valence-corrected chi connectivity index (χ0v) is 14.1. The number of nitrogens with one attached hydrogen (secondary N) is 1. The SMILES string of the molecule is COc1ccc(N(Cc2ccc(C(=O)NN)cn2)S(C)(=O)=O)cc1. The quantitative estimate of drug-likeness (QED) is 0.449. The molecule has 0 saturated heterocycles. The molecule has 0 spiro atoms. The molecule has 0 fully saturated rings. The van der Waals surface area contributed by atoms with Gasteiger partial charge in [-0.05, 0) is 36.4 Å². The third-order valence-electron chi connectivity index (χ3n) is 3.28. The first kappa shape index (κ1) is 17.7. The van der Waals surface area contributed by atoms with Crippen molar-refractivity contribution >= 4 is 21.6 Å². The van der Waals surface area contributed by atoms with Crippen molar-refractivity contribution in [3.63, 3.8) is 0 Å². The molecule has 1 aromatic heterocycles. The minimum absolute atomic E-state index is 0.0374. The van der Waals surface area contributed by atoms with Gasteiger partial charge < -0.3 is 4.74 Å². The van der Waals surface area contributed by atoms with E-state index in [-0.39, 0.29) is 12.1 Å². The lowest BCUT2D eigenvalue weighted by Crippen LogP contribution is -2.31. The molecule has 128 valence electrons. The van der Waals surface area contributed by atoms with E-state index >= 15 is 0 Å². The van der Waals surface area contributed by atoms with Gasteiger partial charge in [0.25, 0.3) is 5.91 Å². The maximum atomic E-state index is 12.1. The Balaban J connectivity index is 2.28. The summed E-state index contributed by atoms with van der Waals surface area (Å²) < 4.78 is 30.5. The summed E-state index contributed by atoms with van der Waals surface area (Å²) in [6.07, 6.45) is 2.46. The molecule has 0 radical (unpaired) electrons. The first-order valence-corrected chi connectivity index (χ1v) is 8.77. The number of nitrogens with zero attached hydrogens (tertiary/aromatic N) is 2. The molecule has 0 unspecified atom stereocenters. The number of nitrogen functional groups attached to an aromatic ring is 1. The summed E-state index contributed by atoms with van der Waals surface area (Å²) in [4.78, 5) is 15.5. The number of rotatable bonds is 6. The van der Waals surface area contributed by atoms with E-state index < -0.39 is 15.9 Å². The van der Waals surface area contributed by atoms with E-state index in [2.05, 4.69) is 4.98 Å². The van der Waals surface area contributed by atoms with E-state index in [1.807, 2.05) is 5.43 Å². The highest BCUT2D eigenvalue weighted by atomic mass is 32.2. The highest BCUT2D eigenvalue weighted by Gasteiger charge is 2.18. The van der Waals surface area contributed by atoms with Crippen molar-refractivity contribution in [2.75, 3.05) is 17.7 Å². The molecule has 0 saturated carbocycles. The Labute approximate surface area is 140 Å². The van der Waals surface area contributed by atoms with E-state index in [4.69, 9.17) is 10.6 Å². The first-order chi connectivity index (χ1) is 11.3. The van der Waals surface area contributed by atoms with Crippen molar-refractivity contribution < 1.29 is 17.9 Å². The Morgan fingerprint density at radius 2 is 1.92 bits per heavy atom. The molecule has 3 N–H and O–H groups in total. The van der Waals surface area contributed by atoms with Gasteiger partial charge >= 0.3 is 0 Å². The summed E-state index contributed by atoms with van der Waals surface area (Å²) >= 11 is 0. The summed E-state index contributed by atoms with van der Waals surface area (Å²) in [6, 6.07) is 9.75. The van der Waals surface area contributed by atoms with Crippen LogP contribution in [0.25, 0.3) is 0 Å². The normalized spacial score (nSPS) is 11.0. The van der Waals surface area contributed by atoms with Gasteiger partial charge in [-0.3, -0.25) is 19.5 Å². The van der Waals surface area contributed by atoms with Gasteiger partial charge in [-0.25, -0.2) is 14.3 Å². The van der Waals surface area contributed by atoms with Crippen LogP contribution in [0.3, 0.4) is 0 Å². The standard InChI is InChI=1S/C15H18N4O4S/c1-23-14-7-5-13(6-8-14)19(24(2,21)22)10-12-4-3-11(9-17-12)15(20)18-16/h3-9H,10,16H2,1-2H3,(H,18,20). The monoisotopic (exact) mass is 350 g/mol. The number of benzene rings is 1. The molecule has 0 aliphatic carbocycles. The minimum Gasteiger partial charge on any atom is -0.497 e. The van der Waals surface area contributed by atoms with E-state index in [0.717, 1.165) is 6.26 Å². The van der Waals surface area contributed by atoms with E-state index in [0.29, 0.717) is 17.1 Å². The van der Waals surface area contributed by atoms with Gasteiger partial charge in [0.2, 0.25) is 10.0 Å². The molecule has 1 amide bonds. The summed E-state index contributed by atoms with van der Waals surface area (Å²) in [5.41, 5.74) is 3.27. The number of anilines is 1. The van der Waals surface area contributed by atoms with Crippen LogP contribution in [0.15, 0.2) is 42.6 Å². The molecule has 1 heterocycles. The molecule has 24 heavy (non-hydrogen) atoms. The molecule has 0 atom stereocenters. The third kappa shape index (κ3) is 4.21. The number of nitrogens with two attached hydrogens (primary N) is 1. The van der Waals surface area contributed by atoms with Gasteiger partial charge in [0.1, 0.15) is 5.75 Å². The first-order valence-electron chi connectivity index (χ1n) is 6.93. The Bertz CT molecular complexity index is 804. The predicted octanol–water partition coefficient (Wildman–Crippen LogP) is 0.660. The molecule has 1 aromatic carbocycles. The summed E-state index contributed by atoms with van der Waals surface area (Å²) in [7, 11) is -1.98. The Morgan fingerprint density at radius 1 is 1.25 bits per heavy atom. The molecular weight excluding hydrogens is 332 g/mol. The number of carbonyl (C=O) groups is 1. The van der Waals surface area contributed by atoms with Crippen LogP contribution in [0, 0.1) is 0 Å². The molecular formula is C15H18N4O4S. The number of amides is 1. The lowest BCUT2D eigenvalue weighted by atomic mass is 10.2. The van der Waals surface area contributed by atoms with Crippen LogP contribution in [0.4, 0.5) is 5.69 Å². The molecule has 0 aliphatic rings. The number of pyridine rings is 1. The number of carbonyl (C=O) groups excluding carboxylic acids is 1. The molecule has 8 nitrogen and oxygen atoms in total. The highest BCUT2D eigenvalue weighted by Crippen LogP contribution is 2.23. The highest BCUT2D eigenvalue weighted by molar-refractivity contribution is 7.92. The van der Waals surface area contributed by atoms with E-state index in [1.54, 1.807) is 30.3 Å². The Kier molecular flexibility index (Phi) is 5.37. The zero-order valence-electron chi connectivity index (χ0n) is 13.3. The topological polar surface area (TPSA) is 115 Å². The number of methoxy groups -OCH3 is 1. The van der Waals surface area contributed by atoms with Crippen molar-refractivity contribution in [3.05, 3.63) is 53.9 Å². The van der Waals surface area contributed by atoms with Crippen LogP contribution in [0.2, 0.25) is 0 Å². The van der Waals surface area contributed by atoms with E-state index in [1.165, 1.54) is 23.7 Å². The number of aromatic nitrogens is 1. The van der Waals surface area contributed by atoms with Crippen LogP contribution < -0.4 is 20.3 Å². The molecule has 2 rings (SSSR count). The van der Waals surface area contributed by atoms with Crippen molar-refractivity contribution in [2.24, 2.45) is 5.84 Å². The fraction of sp³-hybridized carbons (Fsp3) is 0.200. The fourth-order valence-electron chi connectivity index (χ4n) is 2.03. The fourth-order valence-corrected chi connectivity index (χ4v) is 2.90. The largest absolute Gasteiger partial charge is 0.497 e. The summed E-state index contributed by atoms with van der Waals surface area (Å²) in [5, 5.41) is 0. The number of hydrogen-bond donors (Lipinski definition) is 2. The summed E-state index contributed by atoms with van der Waals surface area (Å²) in [5.74, 6) is 5.21. The van der Waals surface area contributed by atoms with Gasteiger partial charge in [-0.15, -0.1) is 0 Å². The number of hydrogen-bond acceptors (Lipinski definition) is 6.